The van der Waals surface area contributed by atoms with Gasteiger partial charge in [-0.25, -0.2) is 4.98 Å². The van der Waals surface area contributed by atoms with Gasteiger partial charge in [0.15, 0.2) is 0 Å². The predicted octanol–water partition coefficient (Wildman–Crippen LogP) is 3.21. The molecule has 4 heteroatoms. The van der Waals surface area contributed by atoms with Crippen LogP contribution in [0.5, 0.6) is 0 Å². The van der Waals surface area contributed by atoms with Crippen LogP contribution < -0.4 is 5.73 Å². The number of rotatable bonds is 5. The van der Waals surface area contributed by atoms with Gasteiger partial charge in [0.1, 0.15) is 5.65 Å². The van der Waals surface area contributed by atoms with Gasteiger partial charge in [0, 0.05) is 27.5 Å². The van der Waals surface area contributed by atoms with Crippen molar-refractivity contribution in [2.75, 3.05) is 6.54 Å². The molecule has 0 saturated carbocycles. The highest BCUT2D eigenvalue weighted by Crippen LogP contribution is 2.23. The van der Waals surface area contributed by atoms with Crippen molar-refractivity contribution in [2.24, 2.45) is 5.73 Å². The summed E-state index contributed by atoms with van der Waals surface area (Å²) in [5.74, 6) is 0. The van der Waals surface area contributed by atoms with Crippen LogP contribution in [0.25, 0.3) is 11.0 Å². The SMILES string of the molecule is CCc1ccc(Cn2cc(CCN)c3cccnc32)s1. The molecule has 0 unspecified atom stereocenters. The summed E-state index contributed by atoms with van der Waals surface area (Å²) < 4.78 is 2.24. The minimum absolute atomic E-state index is 0.674. The van der Waals surface area contributed by atoms with Gasteiger partial charge in [0.05, 0.1) is 6.54 Å². The lowest BCUT2D eigenvalue weighted by molar-refractivity contribution is 0.830. The Morgan fingerprint density at radius 2 is 2.10 bits per heavy atom. The maximum atomic E-state index is 5.71. The summed E-state index contributed by atoms with van der Waals surface area (Å²) in [6.45, 7) is 3.76. The molecule has 0 bridgehead atoms. The van der Waals surface area contributed by atoms with Gasteiger partial charge in [-0.2, -0.15) is 0 Å². The number of thiophene rings is 1. The van der Waals surface area contributed by atoms with E-state index in [9.17, 15) is 0 Å². The topological polar surface area (TPSA) is 43.8 Å². The van der Waals surface area contributed by atoms with Gasteiger partial charge in [-0.1, -0.05) is 6.92 Å². The molecule has 3 nitrogen and oxygen atoms in total. The molecule has 0 aliphatic heterocycles. The van der Waals surface area contributed by atoms with E-state index in [0.717, 1.165) is 25.0 Å². The van der Waals surface area contributed by atoms with E-state index < -0.39 is 0 Å². The fraction of sp³-hybridized carbons (Fsp3) is 0.312. The summed E-state index contributed by atoms with van der Waals surface area (Å²) in [5, 5.41) is 1.23. The third-order valence-electron chi connectivity index (χ3n) is 3.52. The molecule has 0 saturated heterocycles. The number of nitrogens with zero attached hydrogens (tertiary/aromatic N) is 2. The highest BCUT2D eigenvalue weighted by molar-refractivity contribution is 7.11. The van der Waals surface area contributed by atoms with Crippen molar-refractivity contribution in [3.8, 4) is 0 Å². The summed E-state index contributed by atoms with van der Waals surface area (Å²) in [6.07, 6.45) is 6.07. The molecule has 3 aromatic heterocycles. The first kappa shape index (κ1) is 13.3. The van der Waals surface area contributed by atoms with Crippen molar-refractivity contribution in [2.45, 2.75) is 26.3 Å². The first-order valence-electron chi connectivity index (χ1n) is 7.02. The fourth-order valence-corrected chi connectivity index (χ4v) is 3.49. The first-order chi connectivity index (χ1) is 9.81. The number of nitrogens with two attached hydrogens (primary N) is 1. The van der Waals surface area contributed by atoms with Crippen molar-refractivity contribution in [3.05, 3.63) is 52.0 Å². The normalized spacial score (nSPS) is 11.3. The monoisotopic (exact) mass is 285 g/mol. The molecule has 0 atom stereocenters. The van der Waals surface area contributed by atoms with E-state index in [2.05, 4.69) is 40.9 Å². The van der Waals surface area contributed by atoms with Crippen molar-refractivity contribution >= 4 is 22.4 Å². The molecule has 3 rings (SSSR count). The largest absolute Gasteiger partial charge is 0.330 e. The Morgan fingerprint density at radius 3 is 2.85 bits per heavy atom. The molecule has 0 aliphatic carbocycles. The van der Waals surface area contributed by atoms with E-state index in [1.54, 1.807) is 0 Å². The first-order valence-corrected chi connectivity index (χ1v) is 7.84. The van der Waals surface area contributed by atoms with Crippen LogP contribution in [-0.2, 0) is 19.4 Å². The Bertz CT molecular complexity index is 711. The number of aromatic nitrogens is 2. The zero-order valence-electron chi connectivity index (χ0n) is 11.7. The van der Waals surface area contributed by atoms with Crippen LogP contribution >= 0.6 is 11.3 Å². The molecular weight excluding hydrogens is 266 g/mol. The third-order valence-corrected chi connectivity index (χ3v) is 4.74. The van der Waals surface area contributed by atoms with E-state index in [4.69, 9.17) is 5.73 Å². The van der Waals surface area contributed by atoms with Crippen LogP contribution in [0.2, 0.25) is 0 Å². The standard InChI is InChI=1S/C16H19N3S/c1-2-13-5-6-14(20-13)11-19-10-12(7-8-17)15-4-3-9-18-16(15)19/h3-6,9-10H,2,7-8,11,17H2,1H3. The van der Waals surface area contributed by atoms with Gasteiger partial charge in [-0.3, -0.25) is 0 Å². The predicted molar refractivity (Wildman–Crippen MR) is 85.3 cm³/mol. The van der Waals surface area contributed by atoms with Gasteiger partial charge in [-0.05, 0) is 49.2 Å². The summed E-state index contributed by atoms with van der Waals surface area (Å²) in [5.41, 5.74) is 8.06. The Kier molecular flexibility index (Phi) is 3.85. The van der Waals surface area contributed by atoms with Gasteiger partial charge in [-0.15, -0.1) is 11.3 Å². The lowest BCUT2D eigenvalue weighted by Crippen LogP contribution is -2.02. The maximum absolute atomic E-state index is 5.71. The third kappa shape index (κ3) is 2.49. The average molecular weight is 285 g/mol. The minimum Gasteiger partial charge on any atom is -0.330 e. The van der Waals surface area contributed by atoms with E-state index in [0.29, 0.717) is 6.54 Å². The smallest absolute Gasteiger partial charge is 0.140 e. The number of hydrogen-bond donors (Lipinski definition) is 1. The minimum atomic E-state index is 0.674. The summed E-state index contributed by atoms with van der Waals surface area (Å²) in [6, 6.07) is 8.57. The number of aryl methyl sites for hydroxylation is 1. The number of hydrogen-bond acceptors (Lipinski definition) is 3. The van der Waals surface area contributed by atoms with Crippen molar-refractivity contribution in [1.29, 1.82) is 0 Å². The molecule has 2 N–H and O–H groups in total. The summed E-state index contributed by atoms with van der Waals surface area (Å²) in [4.78, 5) is 7.35. The molecule has 0 aromatic carbocycles. The van der Waals surface area contributed by atoms with E-state index in [1.807, 2.05) is 23.6 Å². The van der Waals surface area contributed by atoms with Crippen LogP contribution in [0, 0.1) is 0 Å². The lowest BCUT2D eigenvalue weighted by atomic mass is 10.2. The number of fused-ring (bicyclic) bond motifs is 1. The fourth-order valence-electron chi connectivity index (χ4n) is 2.54. The number of pyridine rings is 1. The molecule has 0 radical (unpaired) electrons. The van der Waals surface area contributed by atoms with Crippen LogP contribution in [0.3, 0.4) is 0 Å². The van der Waals surface area contributed by atoms with E-state index >= 15 is 0 Å². The Balaban J connectivity index is 1.98. The molecule has 0 amide bonds. The summed E-state index contributed by atoms with van der Waals surface area (Å²) in [7, 11) is 0. The second-order valence-corrected chi connectivity index (χ2v) is 6.17. The van der Waals surface area contributed by atoms with E-state index in [1.165, 1.54) is 20.7 Å². The molecule has 20 heavy (non-hydrogen) atoms. The average Bonchev–Trinajstić information content (AvgIpc) is 3.06. The highest BCUT2D eigenvalue weighted by Gasteiger charge is 2.09. The molecule has 0 spiro atoms. The zero-order chi connectivity index (χ0) is 13.9. The van der Waals surface area contributed by atoms with Gasteiger partial charge >= 0.3 is 0 Å². The lowest BCUT2D eigenvalue weighted by Gasteiger charge is -2.01. The molecule has 0 aliphatic rings. The molecule has 0 fully saturated rings. The molecule has 3 heterocycles. The second kappa shape index (κ2) is 5.77. The molecule has 3 aromatic rings. The Labute approximate surface area is 123 Å². The van der Waals surface area contributed by atoms with Crippen LogP contribution in [0.4, 0.5) is 0 Å². The Hall–Kier alpha value is -1.65. The van der Waals surface area contributed by atoms with Crippen molar-refractivity contribution in [3.63, 3.8) is 0 Å². The molecular formula is C16H19N3S. The summed E-state index contributed by atoms with van der Waals surface area (Å²) >= 11 is 1.89. The zero-order valence-corrected chi connectivity index (χ0v) is 12.5. The van der Waals surface area contributed by atoms with Gasteiger partial charge in [0.2, 0.25) is 0 Å². The van der Waals surface area contributed by atoms with Gasteiger partial charge in [0.25, 0.3) is 0 Å². The Morgan fingerprint density at radius 1 is 1.25 bits per heavy atom. The van der Waals surface area contributed by atoms with Crippen LogP contribution in [0.1, 0.15) is 22.2 Å². The van der Waals surface area contributed by atoms with Crippen LogP contribution in [0.15, 0.2) is 36.7 Å². The van der Waals surface area contributed by atoms with E-state index in [-0.39, 0.29) is 0 Å². The van der Waals surface area contributed by atoms with Crippen molar-refractivity contribution in [1.82, 2.24) is 9.55 Å². The quantitative estimate of drug-likeness (QED) is 0.782. The van der Waals surface area contributed by atoms with Crippen LogP contribution in [-0.4, -0.2) is 16.1 Å². The van der Waals surface area contributed by atoms with Crippen molar-refractivity contribution < 1.29 is 0 Å². The maximum Gasteiger partial charge on any atom is 0.140 e. The highest BCUT2D eigenvalue weighted by atomic mass is 32.1. The van der Waals surface area contributed by atoms with Gasteiger partial charge < -0.3 is 10.3 Å². The molecule has 104 valence electrons. The second-order valence-electron chi connectivity index (χ2n) is 4.92.